The second-order valence-electron chi connectivity index (χ2n) is 6.24. The monoisotopic (exact) mass is 419 g/mol. The van der Waals surface area contributed by atoms with Crippen LogP contribution in [0.25, 0.3) is 0 Å². The fraction of sp³-hybridized carbons (Fsp3) is 0.300. The molecule has 0 saturated carbocycles. The van der Waals surface area contributed by atoms with E-state index in [0.29, 0.717) is 11.1 Å². The van der Waals surface area contributed by atoms with E-state index in [1.807, 2.05) is 19.9 Å². The standard InChI is InChI=1S/C20H21NO7S/c1-10-6-11(2)8-13(7-10)18(23)28-9-14(22)21-17-15(19(24)26-4)12(3)16(29-17)20(25)27-5/h6-8H,9H2,1-5H3,(H,21,22). The van der Waals surface area contributed by atoms with Crippen LogP contribution in [0.15, 0.2) is 18.2 Å². The van der Waals surface area contributed by atoms with Crippen molar-refractivity contribution in [2.75, 3.05) is 26.1 Å². The minimum absolute atomic E-state index is 0.0480. The van der Waals surface area contributed by atoms with E-state index in [2.05, 4.69) is 10.1 Å². The first-order valence-corrected chi connectivity index (χ1v) is 9.34. The van der Waals surface area contributed by atoms with Crippen LogP contribution in [0.3, 0.4) is 0 Å². The summed E-state index contributed by atoms with van der Waals surface area (Å²) >= 11 is 0.878. The number of thiophene rings is 1. The van der Waals surface area contributed by atoms with Crippen molar-refractivity contribution in [3.05, 3.63) is 50.9 Å². The predicted molar refractivity (Wildman–Crippen MR) is 107 cm³/mol. The summed E-state index contributed by atoms with van der Waals surface area (Å²) in [5, 5.41) is 2.60. The number of rotatable bonds is 6. The number of nitrogens with one attached hydrogen (secondary N) is 1. The van der Waals surface area contributed by atoms with E-state index >= 15 is 0 Å². The Kier molecular flexibility index (Phi) is 7.11. The van der Waals surface area contributed by atoms with Gasteiger partial charge in [-0.1, -0.05) is 17.2 Å². The number of hydrogen-bond acceptors (Lipinski definition) is 8. The van der Waals surface area contributed by atoms with Crippen LogP contribution in [0.2, 0.25) is 0 Å². The lowest BCUT2D eigenvalue weighted by Crippen LogP contribution is -2.21. The van der Waals surface area contributed by atoms with Crippen molar-refractivity contribution < 1.29 is 33.4 Å². The van der Waals surface area contributed by atoms with Crippen molar-refractivity contribution in [3.8, 4) is 0 Å². The number of hydrogen-bond donors (Lipinski definition) is 1. The SMILES string of the molecule is COC(=O)c1sc(NC(=O)COC(=O)c2cc(C)cc(C)c2)c(C(=O)OC)c1C. The van der Waals surface area contributed by atoms with Crippen LogP contribution >= 0.6 is 11.3 Å². The summed E-state index contributed by atoms with van der Waals surface area (Å²) in [6.07, 6.45) is 0. The zero-order valence-corrected chi connectivity index (χ0v) is 17.5. The Morgan fingerprint density at radius 2 is 1.48 bits per heavy atom. The van der Waals surface area contributed by atoms with Gasteiger partial charge >= 0.3 is 17.9 Å². The summed E-state index contributed by atoms with van der Waals surface area (Å²) in [5.41, 5.74) is 2.51. The minimum Gasteiger partial charge on any atom is -0.465 e. The number of aryl methyl sites for hydroxylation is 2. The van der Waals surface area contributed by atoms with Crippen molar-refractivity contribution in [3.63, 3.8) is 0 Å². The molecule has 0 unspecified atom stereocenters. The summed E-state index contributed by atoms with van der Waals surface area (Å²) in [7, 11) is 2.40. The highest BCUT2D eigenvalue weighted by molar-refractivity contribution is 7.18. The maximum atomic E-state index is 12.3. The Morgan fingerprint density at radius 1 is 0.897 bits per heavy atom. The van der Waals surface area contributed by atoms with Crippen LogP contribution < -0.4 is 5.32 Å². The molecule has 0 saturated heterocycles. The third-order valence-electron chi connectivity index (χ3n) is 3.95. The van der Waals surface area contributed by atoms with Gasteiger partial charge in [-0.3, -0.25) is 4.79 Å². The summed E-state index contributed by atoms with van der Waals surface area (Å²) < 4.78 is 14.5. The molecule has 0 fully saturated rings. The minimum atomic E-state index is -0.712. The maximum absolute atomic E-state index is 12.3. The second kappa shape index (κ2) is 9.33. The molecule has 0 spiro atoms. The lowest BCUT2D eigenvalue weighted by Gasteiger charge is -2.08. The molecule has 0 radical (unpaired) electrons. The van der Waals surface area contributed by atoms with Crippen molar-refractivity contribution in [2.24, 2.45) is 0 Å². The molecule has 0 bridgehead atoms. The predicted octanol–water partition coefficient (Wildman–Crippen LogP) is 3.04. The normalized spacial score (nSPS) is 10.2. The largest absolute Gasteiger partial charge is 0.465 e. The summed E-state index contributed by atoms with van der Waals surface area (Å²) in [4.78, 5) is 48.5. The molecule has 1 aromatic heterocycles. The molecule has 0 aliphatic rings. The highest BCUT2D eigenvalue weighted by atomic mass is 32.1. The number of ether oxygens (including phenoxy) is 3. The molecule has 8 nitrogen and oxygen atoms in total. The number of methoxy groups -OCH3 is 2. The molecule has 154 valence electrons. The quantitative estimate of drug-likeness (QED) is 0.566. The van der Waals surface area contributed by atoms with Gasteiger partial charge in [0.15, 0.2) is 6.61 Å². The Morgan fingerprint density at radius 3 is 2.03 bits per heavy atom. The maximum Gasteiger partial charge on any atom is 0.348 e. The Balaban J connectivity index is 2.14. The molecular weight excluding hydrogens is 398 g/mol. The lowest BCUT2D eigenvalue weighted by molar-refractivity contribution is -0.119. The van der Waals surface area contributed by atoms with Gasteiger partial charge in [0.1, 0.15) is 9.88 Å². The molecule has 2 aromatic rings. The molecule has 0 aliphatic carbocycles. The van der Waals surface area contributed by atoms with E-state index in [1.54, 1.807) is 19.1 Å². The first-order valence-electron chi connectivity index (χ1n) is 8.53. The van der Waals surface area contributed by atoms with Gasteiger partial charge < -0.3 is 19.5 Å². The van der Waals surface area contributed by atoms with Gasteiger partial charge in [0.05, 0.1) is 25.3 Å². The van der Waals surface area contributed by atoms with Gasteiger partial charge in [0.25, 0.3) is 5.91 Å². The molecule has 0 atom stereocenters. The summed E-state index contributed by atoms with van der Waals surface area (Å²) in [6.45, 7) is 4.69. The Bertz CT molecular complexity index is 957. The molecule has 0 aliphatic heterocycles. The van der Waals surface area contributed by atoms with Gasteiger partial charge in [-0.25, -0.2) is 14.4 Å². The topological polar surface area (TPSA) is 108 Å². The molecule has 29 heavy (non-hydrogen) atoms. The molecular formula is C20H21NO7S. The fourth-order valence-electron chi connectivity index (χ4n) is 2.71. The van der Waals surface area contributed by atoms with Crippen molar-refractivity contribution in [1.29, 1.82) is 0 Å². The Labute approximate surface area is 171 Å². The number of carbonyl (C=O) groups excluding carboxylic acids is 4. The van der Waals surface area contributed by atoms with Crippen LogP contribution in [0.1, 0.15) is 47.1 Å². The van der Waals surface area contributed by atoms with Gasteiger partial charge in [0, 0.05) is 0 Å². The van der Waals surface area contributed by atoms with E-state index in [9.17, 15) is 19.2 Å². The van der Waals surface area contributed by atoms with Crippen LogP contribution in [0, 0.1) is 20.8 Å². The molecule has 1 aromatic carbocycles. The lowest BCUT2D eigenvalue weighted by atomic mass is 10.1. The molecule has 1 heterocycles. The van der Waals surface area contributed by atoms with Gasteiger partial charge in [-0.05, 0) is 38.5 Å². The first-order chi connectivity index (χ1) is 13.7. The third kappa shape index (κ3) is 5.20. The van der Waals surface area contributed by atoms with E-state index in [0.717, 1.165) is 22.5 Å². The van der Waals surface area contributed by atoms with Crippen LogP contribution in [-0.4, -0.2) is 44.6 Å². The summed E-state index contributed by atoms with van der Waals surface area (Å²) in [6, 6.07) is 5.23. The van der Waals surface area contributed by atoms with Gasteiger partial charge in [-0.15, -0.1) is 11.3 Å². The zero-order chi connectivity index (χ0) is 21.7. The van der Waals surface area contributed by atoms with Crippen LogP contribution in [-0.2, 0) is 19.0 Å². The number of anilines is 1. The average Bonchev–Trinajstić information content (AvgIpc) is 2.99. The highest BCUT2D eigenvalue weighted by Crippen LogP contribution is 2.34. The highest BCUT2D eigenvalue weighted by Gasteiger charge is 2.27. The van der Waals surface area contributed by atoms with Crippen LogP contribution in [0.4, 0.5) is 5.00 Å². The van der Waals surface area contributed by atoms with Crippen molar-refractivity contribution in [1.82, 2.24) is 0 Å². The van der Waals surface area contributed by atoms with E-state index in [1.165, 1.54) is 14.2 Å². The summed E-state index contributed by atoms with van der Waals surface area (Å²) in [5.74, 6) is -2.65. The number of esters is 3. The van der Waals surface area contributed by atoms with E-state index in [-0.39, 0.29) is 15.4 Å². The van der Waals surface area contributed by atoms with E-state index in [4.69, 9.17) is 9.47 Å². The molecule has 1 N–H and O–H groups in total. The third-order valence-corrected chi connectivity index (χ3v) is 5.14. The van der Waals surface area contributed by atoms with Gasteiger partial charge in [-0.2, -0.15) is 0 Å². The smallest absolute Gasteiger partial charge is 0.348 e. The zero-order valence-electron chi connectivity index (χ0n) is 16.7. The van der Waals surface area contributed by atoms with Gasteiger partial charge in [0.2, 0.25) is 0 Å². The Hall–Kier alpha value is -3.20. The molecule has 9 heteroatoms. The van der Waals surface area contributed by atoms with Crippen LogP contribution in [0.5, 0.6) is 0 Å². The number of carbonyl (C=O) groups is 4. The van der Waals surface area contributed by atoms with Crippen molar-refractivity contribution >= 4 is 40.2 Å². The number of amides is 1. The molecule has 1 amide bonds. The fourth-order valence-corrected chi connectivity index (χ4v) is 3.84. The first kappa shape index (κ1) is 22.1. The van der Waals surface area contributed by atoms with E-state index < -0.39 is 30.4 Å². The molecule has 2 rings (SSSR count). The average molecular weight is 419 g/mol. The van der Waals surface area contributed by atoms with Crippen molar-refractivity contribution in [2.45, 2.75) is 20.8 Å². The second-order valence-corrected chi connectivity index (χ2v) is 7.26. The number of benzene rings is 1.